The lowest BCUT2D eigenvalue weighted by Gasteiger charge is -2.37. The van der Waals surface area contributed by atoms with Gasteiger partial charge in [-0.3, -0.25) is 14.7 Å². The van der Waals surface area contributed by atoms with Gasteiger partial charge in [-0.05, 0) is 56.5 Å². The van der Waals surface area contributed by atoms with Crippen molar-refractivity contribution in [3.8, 4) is 0 Å². The summed E-state index contributed by atoms with van der Waals surface area (Å²) in [5.74, 6) is 0.797. The van der Waals surface area contributed by atoms with Gasteiger partial charge in [0.25, 0.3) is 0 Å². The van der Waals surface area contributed by atoms with Crippen LogP contribution in [-0.2, 0) is 17.6 Å². The Hall–Kier alpha value is -3.19. The van der Waals surface area contributed by atoms with Crippen molar-refractivity contribution < 1.29 is 9.32 Å². The van der Waals surface area contributed by atoms with Gasteiger partial charge in [-0.2, -0.15) is 0 Å². The molecule has 3 aromatic rings. The van der Waals surface area contributed by atoms with Crippen LogP contribution in [0.4, 0.5) is 11.4 Å². The van der Waals surface area contributed by atoms with Crippen LogP contribution in [0.1, 0.15) is 29.0 Å². The van der Waals surface area contributed by atoms with Crippen LogP contribution in [0.25, 0.3) is 0 Å². The van der Waals surface area contributed by atoms with Crippen LogP contribution in [0, 0.1) is 13.8 Å². The first-order valence-electron chi connectivity index (χ1n) is 11.3. The molecule has 1 N–H and O–H groups in total. The number of piperazine rings is 1. The van der Waals surface area contributed by atoms with Crippen molar-refractivity contribution in [3.05, 3.63) is 71.4 Å². The fourth-order valence-corrected chi connectivity index (χ4v) is 4.21. The van der Waals surface area contributed by atoms with Crippen molar-refractivity contribution in [2.24, 2.45) is 0 Å². The normalized spacial score (nSPS) is 14.5. The average molecular weight is 434 g/mol. The van der Waals surface area contributed by atoms with E-state index in [0.717, 1.165) is 67.5 Å². The third-order valence-corrected chi connectivity index (χ3v) is 6.14. The highest BCUT2D eigenvalue weighted by Crippen LogP contribution is 2.27. The van der Waals surface area contributed by atoms with Gasteiger partial charge in [-0.15, -0.1) is 0 Å². The number of rotatable bonds is 8. The van der Waals surface area contributed by atoms with Gasteiger partial charge in [0.05, 0.1) is 17.1 Å². The summed E-state index contributed by atoms with van der Waals surface area (Å²) in [5.41, 5.74) is 5.18. The Bertz CT molecular complexity index is 1010. The summed E-state index contributed by atoms with van der Waals surface area (Å²) in [5, 5.41) is 7.09. The molecule has 7 heteroatoms. The van der Waals surface area contributed by atoms with Crippen LogP contribution in [0.15, 0.2) is 53.3 Å². The van der Waals surface area contributed by atoms with Crippen LogP contribution in [-0.4, -0.2) is 53.7 Å². The molecule has 1 amide bonds. The standard InChI is InChI=1S/C25H31N5O2/c1-19-22(20(2)32-28-19)7-8-25(31)27-23-5-3-4-6-24(23)30-17-15-29(16-18-30)14-11-21-9-12-26-13-10-21/h3-6,9-10,12-13H,7-8,11,14-18H2,1-2H3,(H,27,31). The van der Waals surface area contributed by atoms with E-state index in [1.165, 1.54) is 5.56 Å². The summed E-state index contributed by atoms with van der Waals surface area (Å²) in [6.45, 7) is 8.77. The molecule has 7 nitrogen and oxygen atoms in total. The Morgan fingerprint density at radius 3 is 2.50 bits per heavy atom. The number of hydrogen-bond donors (Lipinski definition) is 1. The first-order valence-corrected chi connectivity index (χ1v) is 11.3. The van der Waals surface area contributed by atoms with Crippen molar-refractivity contribution in [1.29, 1.82) is 0 Å². The van der Waals surface area contributed by atoms with Gasteiger partial charge in [0.15, 0.2) is 0 Å². The molecule has 0 spiro atoms. The maximum absolute atomic E-state index is 12.6. The molecular weight excluding hydrogens is 402 g/mol. The third-order valence-electron chi connectivity index (χ3n) is 6.14. The number of pyridine rings is 1. The van der Waals surface area contributed by atoms with E-state index in [2.05, 4.69) is 43.5 Å². The number of anilines is 2. The van der Waals surface area contributed by atoms with Crippen molar-refractivity contribution in [1.82, 2.24) is 15.0 Å². The summed E-state index contributed by atoms with van der Waals surface area (Å²) >= 11 is 0. The van der Waals surface area contributed by atoms with Gasteiger partial charge in [-0.1, -0.05) is 17.3 Å². The first-order chi connectivity index (χ1) is 15.6. The van der Waals surface area contributed by atoms with Crippen LogP contribution in [0.2, 0.25) is 0 Å². The predicted octanol–water partition coefficient (Wildman–Crippen LogP) is 3.62. The number of aryl methyl sites for hydroxylation is 2. The van der Waals surface area contributed by atoms with Crippen LogP contribution in [0.3, 0.4) is 0 Å². The smallest absolute Gasteiger partial charge is 0.224 e. The van der Waals surface area contributed by atoms with Crippen molar-refractivity contribution in [3.63, 3.8) is 0 Å². The molecule has 1 aliphatic heterocycles. The zero-order valence-electron chi connectivity index (χ0n) is 18.9. The molecule has 0 aliphatic carbocycles. The second-order valence-electron chi connectivity index (χ2n) is 8.30. The van der Waals surface area contributed by atoms with Gasteiger partial charge >= 0.3 is 0 Å². The van der Waals surface area contributed by atoms with Crippen LogP contribution < -0.4 is 10.2 Å². The van der Waals surface area contributed by atoms with E-state index in [-0.39, 0.29) is 5.91 Å². The first kappa shape index (κ1) is 22.0. The molecule has 32 heavy (non-hydrogen) atoms. The monoisotopic (exact) mass is 433 g/mol. The Labute approximate surface area is 189 Å². The lowest BCUT2D eigenvalue weighted by Crippen LogP contribution is -2.47. The van der Waals surface area contributed by atoms with E-state index in [9.17, 15) is 4.79 Å². The van der Waals surface area contributed by atoms with Crippen LogP contribution >= 0.6 is 0 Å². The molecule has 0 unspecified atom stereocenters. The van der Waals surface area contributed by atoms with E-state index < -0.39 is 0 Å². The highest BCUT2D eigenvalue weighted by Gasteiger charge is 2.20. The van der Waals surface area contributed by atoms with E-state index in [0.29, 0.717) is 12.8 Å². The molecule has 0 radical (unpaired) electrons. The van der Waals surface area contributed by atoms with E-state index in [4.69, 9.17) is 4.52 Å². The highest BCUT2D eigenvalue weighted by molar-refractivity contribution is 5.94. The Kier molecular flexibility index (Phi) is 7.17. The fourth-order valence-electron chi connectivity index (χ4n) is 4.21. The van der Waals surface area contributed by atoms with E-state index in [1.54, 1.807) is 0 Å². The predicted molar refractivity (Wildman–Crippen MR) is 126 cm³/mol. The Balaban J connectivity index is 1.30. The highest BCUT2D eigenvalue weighted by atomic mass is 16.5. The van der Waals surface area contributed by atoms with Crippen molar-refractivity contribution in [2.75, 3.05) is 42.9 Å². The molecule has 1 saturated heterocycles. The average Bonchev–Trinajstić information content (AvgIpc) is 3.15. The third kappa shape index (κ3) is 5.53. The number of amides is 1. The molecule has 1 aromatic carbocycles. The lowest BCUT2D eigenvalue weighted by molar-refractivity contribution is -0.116. The number of nitrogens with zero attached hydrogens (tertiary/aromatic N) is 4. The molecule has 3 heterocycles. The molecule has 1 aliphatic rings. The molecule has 0 saturated carbocycles. The van der Waals surface area contributed by atoms with E-state index >= 15 is 0 Å². The number of hydrogen-bond acceptors (Lipinski definition) is 6. The number of aromatic nitrogens is 2. The van der Waals surface area contributed by atoms with Crippen LogP contribution in [0.5, 0.6) is 0 Å². The molecule has 1 fully saturated rings. The quantitative estimate of drug-likeness (QED) is 0.585. The maximum atomic E-state index is 12.6. The van der Waals surface area contributed by atoms with Gasteiger partial charge < -0.3 is 14.7 Å². The zero-order valence-corrected chi connectivity index (χ0v) is 18.9. The summed E-state index contributed by atoms with van der Waals surface area (Å²) in [7, 11) is 0. The molecule has 2 aromatic heterocycles. The summed E-state index contributed by atoms with van der Waals surface area (Å²) < 4.78 is 5.20. The number of benzene rings is 1. The number of carbonyl (C=O) groups is 1. The summed E-state index contributed by atoms with van der Waals surface area (Å²) in [6, 6.07) is 12.3. The summed E-state index contributed by atoms with van der Waals surface area (Å²) in [4.78, 5) is 21.6. The topological polar surface area (TPSA) is 74.5 Å². The van der Waals surface area contributed by atoms with Crippen molar-refractivity contribution in [2.45, 2.75) is 33.1 Å². The van der Waals surface area contributed by atoms with E-state index in [1.807, 2.05) is 44.4 Å². The molecule has 4 rings (SSSR count). The second-order valence-corrected chi connectivity index (χ2v) is 8.30. The number of para-hydroxylation sites is 2. The van der Waals surface area contributed by atoms with Gasteiger partial charge in [0.2, 0.25) is 5.91 Å². The minimum absolute atomic E-state index is 0.00781. The van der Waals surface area contributed by atoms with Gasteiger partial charge in [-0.25, -0.2) is 0 Å². The molecular formula is C25H31N5O2. The molecule has 0 bridgehead atoms. The Morgan fingerprint density at radius 2 is 1.78 bits per heavy atom. The minimum Gasteiger partial charge on any atom is -0.367 e. The fraction of sp³-hybridized carbons (Fsp3) is 0.400. The lowest BCUT2D eigenvalue weighted by atomic mass is 10.1. The molecule has 0 atom stereocenters. The summed E-state index contributed by atoms with van der Waals surface area (Å²) in [6.07, 6.45) is 5.78. The van der Waals surface area contributed by atoms with Gasteiger partial charge in [0.1, 0.15) is 5.76 Å². The molecule has 168 valence electrons. The maximum Gasteiger partial charge on any atom is 0.224 e. The minimum atomic E-state index is 0.00781. The van der Waals surface area contributed by atoms with Gasteiger partial charge in [0, 0.05) is 57.1 Å². The largest absolute Gasteiger partial charge is 0.367 e. The SMILES string of the molecule is Cc1noc(C)c1CCC(=O)Nc1ccccc1N1CCN(CCc2ccncc2)CC1. The number of nitrogens with one attached hydrogen (secondary N) is 1. The Morgan fingerprint density at radius 1 is 1.03 bits per heavy atom. The zero-order chi connectivity index (χ0) is 22.3. The second kappa shape index (κ2) is 10.4. The van der Waals surface area contributed by atoms with Crippen molar-refractivity contribution >= 4 is 17.3 Å². The number of carbonyl (C=O) groups excluding carboxylic acids is 1.